The number of para-hydroxylation sites is 3. The minimum Gasteiger partial charge on any atom is -0.456 e. The third-order valence-electron chi connectivity index (χ3n) is 11.1. The Morgan fingerprint density at radius 1 is 0.310 bits per heavy atom. The second-order valence-corrected chi connectivity index (χ2v) is 14.6. The predicted molar refractivity (Wildman–Crippen MR) is 234 cm³/mol. The Morgan fingerprint density at radius 3 is 1.78 bits per heavy atom. The zero-order valence-electron chi connectivity index (χ0n) is 30.9. The normalized spacial score (nSPS) is 11.8. The van der Waals surface area contributed by atoms with Crippen molar-refractivity contribution in [2.75, 3.05) is 0 Å². The number of fused-ring (bicyclic) bond motifs is 10. The van der Waals surface area contributed by atoms with Crippen LogP contribution in [0.2, 0.25) is 0 Å². The first-order valence-electron chi connectivity index (χ1n) is 19.3. The molecule has 0 saturated heterocycles. The van der Waals surface area contributed by atoms with E-state index < -0.39 is 0 Å². The second kappa shape index (κ2) is 12.8. The molecule has 0 atom stereocenters. The monoisotopic (exact) mass is 742 g/mol. The van der Waals surface area contributed by atoms with E-state index in [1.165, 1.54) is 0 Å². The Kier molecular flexibility index (Phi) is 7.13. The lowest BCUT2D eigenvalue weighted by Crippen LogP contribution is -2.00. The fourth-order valence-corrected chi connectivity index (χ4v) is 8.41. The fourth-order valence-electron chi connectivity index (χ4n) is 8.41. The Labute approximate surface area is 331 Å². The van der Waals surface area contributed by atoms with Crippen molar-refractivity contribution in [1.82, 2.24) is 19.9 Å². The van der Waals surface area contributed by atoms with Gasteiger partial charge < -0.3 is 8.83 Å². The SMILES string of the molecule is c1ccc(-c2cccc(-c3nc(-c4ccc5oc6ccc7c(-c8ccccc8)nc8ccccc8c7c6c5c4)nc(-c4cccc5c4oc4ccccc45)n3)c2)cc1. The number of benzene rings is 8. The van der Waals surface area contributed by atoms with Crippen LogP contribution < -0.4 is 0 Å². The van der Waals surface area contributed by atoms with Crippen LogP contribution in [0.1, 0.15) is 0 Å². The molecule has 0 N–H and O–H groups in total. The highest BCUT2D eigenvalue weighted by molar-refractivity contribution is 6.28. The maximum absolute atomic E-state index is 6.58. The molecule has 0 spiro atoms. The molecule has 0 bridgehead atoms. The van der Waals surface area contributed by atoms with Crippen molar-refractivity contribution in [2.45, 2.75) is 0 Å². The molecule has 4 aromatic heterocycles. The van der Waals surface area contributed by atoms with E-state index in [9.17, 15) is 0 Å². The molecule has 0 radical (unpaired) electrons. The van der Waals surface area contributed by atoms with E-state index in [1.807, 2.05) is 60.7 Å². The summed E-state index contributed by atoms with van der Waals surface area (Å²) in [4.78, 5) is 20.8. The number of hydrogen-bond acceptors (Lipinski definition) is 6. The Bertz CT molecular complexity index is 3570. The van der Waals surface area contributed by atoms with Gasteiger partial charge in [0, 0.05) is 54.4 Å². The highest BCUT2D eigenvalue weighted by Crippen LogP contribution is 2.43. The van der Waals surface area contributed by atoms with E-state index in [-0.39, 0.29) is 0 Å². The number of rotatable bonds is 5. The van der Waals surface area contributed by atoms with Crippen LogP contribution in [0.5, 0.6) is 0 Å². The quantitative estimate of drug-likeness (QED) is 0.163. The summed E-state index contributed by atoms with van der Waals surface area (Å²) in [6.45, 7) is 0. The Morgan fingerprint density at radius 2 is 0.931 bits per heavy atom. The third-order valence-corrected chi connectivity index (χ3v) is 11.1. The second-order valence-electron chi connectivity index (χ2n) is 14.6. The first-order chi connectivity index (χ1) is 28.7. The van der Waals surface area contributed by atoms with Crippen molar-refractivity contribution in [1.29, 1.82) is 0 Å². The molecule has 0 aliphatic carbocycles. The lowest BCUT2D eigenvalue weighted by molar-refractivity contribution is 0.669. The van der Waals surface area contributed by atoms with Crippen LogP contribution in [0, 0.1) is 0 Å². The van der Waals surface area contributed by atoms with Gasteiger partial charge in [-0.2, -0.15) is 0 Å². The van der Waals surface area contributed by atoms with E-state index in [0.717, 1.165) is 105 Å². The number of nitrogens with zero attached hydrogens (tertiary/aromatic N) is 4. The molecule has 6 heteroatoms. The molecule has 6 nitrogen and oxygen atoms in total. The van der Waals surface area contributed by atoms with E-state index in [1.54, 1.807) is 0 Å². The maximum atomic E-state index is 6.58. The largest absolute Gasteiger partial charge is 0.456 e. The van der Waals surface area contributed by atoms with E-state index in [0.29, 0.717) is 17.5 Å². The molecule has 0 unspecified atom stereocenters. The molecule has 0 aliphatic heterocycles. The van der Waals surface area contributed by atoms with Crippen LogP contribution in [-0.2, 0) is 0 Å². The topological polar surface area (TPSA) is 77.8 Å². The number of furan rings is 2. The van der Waals surface area contributed by atoms with E-state index >= 15 is 0 Å². The van der Waals surface area contributed by atoms with Crippen molar-refractivity contribution in [3.05, 3.63) is 182 Å². The zero-order valence-corrected chi connectivity index (χ0v) is 30.9. The summed E-state index contributed by atoms with van der Waals surface area (Å²) in [6.07, 6.45) is 0. The lowest BCUT2D eigenvalue weighted by atomic mass is 9.96. The first-order valence-corrected chi connectivity index (χ1v) is 19.3. The third kappa shape index (κ3) is 5.12. The number of pyridine rings is 1. The average molecular weight is 743 g/mol. The van der Waals surface area contributed by atoms with Gasteiger partial charge in [0.05, 0.1) is 16.8 Å². The van der Waals surface area contributed by atoms with Crippen molar-refractivity contribution < 1.29 is 8.83 Å². The fraction of sp³-hybridized carbons (Fsp3) is 0. The minimum absolute atomic E-state index is 0.530. The zero-order chi connectivity index (χ0) is 38.2. The van der Waals surface area contributed by atoms with E-state index in [4.69, 9.17) is 28.8 Å². The molecule has 58 heavy (non-hydrogen) atoms. The molecule has 0 amide bonds. The molecule has 0 saturated carbocycles. The molecular formula is C52H30N4O2. The van der Waals surface area contributed by atoms with Gasteiger partial charge in [0.2, 0.25) is 0 Å². The molecule has 4 heterocycles. The lowest BCUT2D eigenvalue weighted by Gasteiger charge is -2.11. The van der Waals surface area contributed by atoms with Crippen molar-refractivity contribution in [3.8, 4) is 56.5 Å². The van der Waals surface area contributed by atoms with Crippen molar-refractivity contribution >= 4 is 65.6 Å². The van der Waals surface area contributed by atoms with Crippen LogP contribution in [-0.4, -0.2) is 19.9 Å². The highest BCUT2D eigenvalue weighted by atomic mass is 16.3. The molecule has 270 valence electrons. The highest BCUT2D eigenvalue weighted by Gasteiger charge is 2.21. The standard InChI is InChI=1S/C52H30N4O2/c1-3-13-31(14-4-1)33-17-11-18-34(29-33)50-54-51(56-52(55-50)40-22-12-21-37-36-19-8-10-24-43(36)58-49(37)40)35-25-27-44-41(30-35)47-45(57-44)28-26-39-46(47)38-20-7-9-23-42(38)53-48(39)32-15-5-2-6-16-32/h1-30H. The first kappa shape index (κ1) is 32.3. The van der Waals surface area contributed by atoms with Crippen LogP contribution in [0.15, 0.2) is 191 Å². The smallest absolute Gasteiger partial charge is 0.167 e. The summed E-state index contributed by atoms with van der Waals surface area (Å²) in [6, 6.07) is 62.1. The van der Waals surface area contributed by atoms with Crippen molar-refractivity contribution in [2.24, 2.45) is 0 Å². The number of aromatic nitrogens is 4. The van der Waals surface area contributed by atoms with Gasteiger partial charge in [-0.3, -0.25) is 0 Å². The molecule has 0 aliphatic rings. The minimum atomic E-state index is 0.530. The number of hydrogen-bond donors (Lipinski definition) is 0. The Balaban J connectivity index is 1.11. The van der Waals surface area contributed by atoms with Gasteiger partial charge in [-0.25, -0.2) is 19.9 Å². The predicted octanol–water partition coefficient (Wildman–Crippen LogP) is 13.7. The van der Waals surface area contributed by atoms with Gasteiger partial charge in [0.25, 0.3) is 0 Å². The van der Waals surface area contributed by atoms with Crippen LogP contribution in [0.3, 0.4) is 0 Å². The Hall–Kier alpha value is -7.96. The van der Waals surface area contributed by atoms with Crippen molar-refractivity contribution in [3.63, 3.8) is 0 Å². The molecular weight excluding hydrogens is 713 g/mol. The van der Waals surface area contributed by atoms with Gasteiger partial charge in [-0.1, -0.05) is 127 Å². The van der Waals surface area contributed by atoms with Gasteiger partial charge in [-0.15, -0.1) is 0 Å². The molecule has 12 aromatic rings. The van der Waals surface area contributed by atoms with Gasteiger partial charge in [-0.05, 0) is 65.7 Å². The summed E-state index contributed by atoms with van der Waals surface area (Å²) < 4.78 is 13.1. The molecule has 12 rings (SSSR count). The summed E-state index contributed by atoms with van der Waals surface area (Å²) in [5.74, 6) is 1.64. The van der Waals surface area contributed by atoms with Gasteiger partial charge >= 0.3 is 0 Å². The maximum Gasteiger partial charge on any atom is 0.167 e. The van der Waals surface area contributed by atoms with E-state index in [2.05, 4.69) is 121 Å². The van der Waals surface area contributed by atoms with Gasteiger partial charge in [0.15, 0.2) is 17.5 Å². The average Bonchev–Trinajstić information content (AvgIpc) is 3.87. The summed E-state index contributed by atoms with van der Waals surface area (Å²) >= 11 is 0. The van der Waals surface area contributed by atoms with Crippen LogP contribution in [0.4, 0.5) is 0 Å². The van der Waals surface area contributed by atoms with Crippen LogP contribution >= 0.6 is 0 Å². The molecule has 0 fully saturated rings. The summed E-state index contributed by atoms with van der Waals surface area (Å²) in [7, 11) is 0. The summed E-state index contributed by atoms with van der Waals surface area (Å²) in [5, 5.41) is 7.30. The van der Waals surface area contributed by atoms with Crippen LogP contribution in [0.25, 0.3) is 122 Å². The molecule has 8 aromatic carbocycles. The summed E-state index contributed by atoms with van der Waals surface area (Å²) in [5.41, 5.74) is 10.8. The van der Waals surface area contributed by atoms with Gasteiger partial charge in [0.1, 0.15) is 22.3 Å².